The van der Waals surface area contributed by atoms with E-state index in [2.05, 4.69) is 15.3 Å². The number of rotatable bonds is 4. The second-order valence-electron chi connectivity index (χ2n) is 3.91. The number of benzene rings is 1. The standard InChI is InChI=1S/C12H11ClN4O3/c1-7-6-15-12(14-2)16-11(7)20-10-4-3-8(17(18)19)5-9(10)13/h3-6H,1-2H3,(H,14,15,16). The first-order valence-corrected chi connectivity index (χ1v) is 6.02. The molecule has 0 saturated carbocycles. The molecular formula is C12H11ClN4O3. The second kappa shape index (κ2) is 5.70. The summed E-state index contributed by atoms with van der Waals surface area (Å²) in [6, 6.07) is 3.98. The number of nitrogens with zero attached hydrogens (tertiary/aromatic N) is 3. The number of aryl methyl sites for hydroxylation is 1. The molecule has 0 spiro atoms. The number of hydrogen-bond acceptors (Lipinski definition) is 6. The molecule has 0 aliphatic rings. The lowest BCUT2D eigenvalue weighted by molar-refractivity contribution is -0.384. The SMILES string of the molecule is CNc1ncc(C)c(Oc2ccc([N+](=O)[O-])cc2Cl)n1. The Morgan fingerprint density at radius 2 is 2.20 bits per heavy atom. The lowest BCUT2D eigenvalue weighted by atomic mass is 10.3. The Kier molecular flexibility index (Phi) is 3.99. The van der Waals surface area contributed by atoms with Crippen molar-refractivity contribution < 1.29 is 9.66 Å². The van der Waals surface area contributed by atoms with E-state index in [9.17, 15) is 10.1 Å². The first-order chi connectivity index (χ1) is 9.51. The van der Waals surface area contributed by atoms with Crippen LogP contribution in [0, 0.1) is 17.0 Å². The summed E-state index contributed by atoms with van der Waals surface area (Å²) in [5.41, 5.74) is 0.621. The van der Waals surface area contributed by atoms with E-state index in [1.807, 2.05) is 0 Å². The highest BCUT2D eigenvalue weighted by Crippen LogP contribution is 2.32. The van der Waals surface area contributed by atoms with E-state index in [1.54, 1.807) is 20.2 Å². The molecule has 0 bridgehead atoms. The first-order valence-electron chi connectivity index (χ1n) is 5.64. The quantitative estimate of drug-likeness (QED) is 0.688. The zero-order chi connectivity index (χ0) is 14.7. The predicted molar refractivity (Wildman–Crippen MR) is 74.5 cm³/mol. The molecule has 1 aromatic carbocycles. The third-order valence-corrected chi connectivity index (χ3v) is 2.78. The van der Waals surface area contributed by atoms with Crippen LogP contribution in [0.25, 0.3) is 0 Å². The van der Waals surface area contributed by atoms with E-state index in [1.165, 1.54) is 18.2 Å². The van der Waals surface area contributed by atoms with Crippen LogP contribution in [0.5, 0.6) is 11.6 Å². The zero-order valence-corrected chi connectivity index (χ0v) is 11.5. The van der Waals surface area contributed by atoms with E-state index >= 15 is 0 Å². The molecule has 0 atom stereocenters. The van der Waals surface area contributed by atoms with Gasteiger partial charge in [0.05, 0.1) is 9.95 Å². The van der Waals surface area contributed by atoms with Gasteiger partial charge < -0.3 is 10.1 Å². The number of hydrogen-bond donors (Lipinski definition) is 1. The fourth-order valence-corrected chi connectivity index (χ4v) is 1.65. The smallest absolute Gasteiger partial charge is 0.271 e. The molecule has 1 heterocycles. The number of ether oxygens (including phenoxy) is 1. The average Bonchev–Trinajstić information content (AvgIpc) is 2.43. The molecule has 0 saturated heterocycles. The number of nitro groups is 1. The van der Waals surface area contributed by atoms with Crippen LogP contribution in [0.4, 0.5) is 11.6 Å². The van der Waals surface area contributed by atoms with Gasteiger partial charge in [-0.25, -0.2) is 4.98 Å². The van der Waals surface area contributed by atoms with Gasteiger partial charge in [-0.1, -0.05) is 11.6 Å². The molecule has 8 heteroatoms. The number of aromatic nitrogens is 2. The highest BCUT2D eigenvalue weighted by molar-refractivity contribution is 6.32. The number of nitro benzene ring substituents is 1. The largest absolute Gasteiger partial charge is 0.437 e. The van der Waals surface area contributed by atoms with Crippen LogP contribution in [-0.2, 0) is 0 Å². The Morgan fingerprint density at radius 1 is 1.45 bits per heavy atom. The molecule has 1 aromatic heterocycles. The lowest BCUT2D eigenvalue weighted by Crippen LogP contribution is -2.00. The molecule has 0 fully saturated rings. The second-order valence-corrected chi connectivity index (χ2v) is 4.31. The lowest BCUT2D eigenvalue weighted by Gasteiger charge is -2.09. The summed E-state index contributed by atoms with van der Waals surface area (Å²) in [5.74, 6) is 1.03. The molecular weight excluding hydrogens is 284 g/mol. The van der Waals surface area contributed by atoms with Crippen molar-refractivity contribution in [1.29, 1.82) is 0 Å². The van der Waals surface area contributed by atoms with Crippen molar-refractivity contribution >= 4 is 23.2 Å². The summed E-state index contributed by atoms with van der Waals surface area (Å²) in [6.07, 6.45) is 1.60. The maximum atomic E-state index is 10.6. The summed E-state index contributed by atoms with van der Waals surface area (Å²) >= 11 is 5.96. The third kappa shape index (κ3) is 2.94. The van der Waals surface area contributed by atoms with Crippen molar-refractivity contribution in [2.45, 2.75) is 6.92 Å². The molecule has 104 valence electrons. The number of non-ortho nitro benzene ring substituents is 1. The number of nitrogens with one attached hydrogen (secondary N) is 1. The highest BCUT2D eigenvalue weighted by Gasteiger charge is 2.13. The van der Waals surface area contributed by atoms with Gasteiger partial charge in [0, 0.05) is 30.9 Å². The van der Waals surface area contributed by atoms with Crippen LogP contribution in [0.2, 0.25) is 5.02 Å². The van der Waals surface area contributed by atoms with Gasteiger partial charge in [0.2, 0.25) is 11.8 Å². The fourth-order valence-electron chi connectivity index (χ4n) is 1.44. The minimum Gasteiger partial charge on any atom is -0.437 e. The van der Waals surface area contributed by atoms with Crippen LogP contribution >= 0.6 is 11.6 Å². The maximum Gasteiger partial charge on any atom is 0.271 e. The van der Waals surface area contributed by atoms with Crippen LogP contribution in [0.1, 0.15) is 5.56 Å². The minimum atomic E-state index is -0.523. The Morgan fingerprint density at radius 3 is 2.80 bits per heavy atom. The molecule has 0 unspecified atom stereocenters. The van der Waals surface area contributed by atoms with Crippen LogP contribution in [0.15, 0.2) is 24.4 Å². The van der Waals surface area contributed by atoms with Gasteiger partial charge in [0.15, 0.2) is 0 Å². The molecule has 2 rings (SSSR count). The summed E-state index contributed by atoms with van der Waals surface area (Å²) in [5, 5.41) is 13.6. The Hall–Kier alpha value is -2.41. The molecule has 0 radical (unpaired) electrons. The Bertz CT molecular complexity index is 663. The van der Waals surface area contributed by atoms with Gasteiger partial charge in [0.25, 0.3) is 5.69 Å². The van der Waals surface area contributed by atoms with Gasteiger partial charge in [-0.2, -0.15) is 4.98 Å². The summed E-state index contributed by atoms with van der Waals surface area (Å²) in [7, 11) is 1.69. The Labute approximate surface area is 119 Å². The fraction of sp³-hybridized carbons (Fsp3) is 0.167. The predicted octanol–water partition coefficient (Wildman–Crippen LogP) is 3.18. The van der Waals surface area contributed by atoms with E-state index in [0.29, 0.717) is 17.6 Å². The van der Waals surface area contributed by atoms with Gasteiger partial charge in [-0.05, 0) is 13.0 Å². The average molecular weight is 295 g/mol. The molecule has 20 heavy (non-hydrogen) atoms. The van der Waals surface area contributed by atoms with E-state index in [-0.39, 0.29) is 10.7 Å². The monoisotopic (exact) mass is 294 g/mol. The normalized spacial score (nSPS) is 10.2. The third-order valence-electron chi connectivity index (χ3n) is 2.48. The van der Waals surface area contributed by atoms with E-state index < -0.39 is 4.92 Å². The molecule has 0 aliphatic carbocycles. The number of anilines is 1. The van der Waals surface area contributed by atoms with Crippen molar-refractivity contribution in [3.8, 4) is 11.6 Å². The van der Waals surface area contributed by atoms with Crippen LogP contribution in [-0.4, -0.2) is 21.9 Å². The highest BCUT2D eigenvalue weighted by atomic mass is 35.5. The topological polar surface area (TPSA) is 90.2 Å². The maximum absolute atomic E-state index is 10.6. The van der Waals surface area contributed by atoms with Crippen molar-refractivity contribution in [3.63, 3.8) is 0 Å². The van der Waals surface area contributed by atoms with Gasteiger partial charge in [0.1, 0.15) is 5.75 Å². The molecule has 7 nitrogen and oxygen atoms in total. The van der Waals surface area contributed by atoms with Gasteiger partial charge in [-0.3, -0.25) is 10.1 Å². The summed E-state index contributed by atoms with van der Waals surface area (Å²) in [6.45, 7) is 1.79. The first kappa shape index (κ1) is 14.0. The van der Waals surface area contributed by atoms with E-state index in [4.69, 9.17) is 16.3 Å². The van der Waals surface area contributed by atoms with Crippen molar-refractivity contribution in [1.82, 2.24) is 9.97 Å². The van der Waals surface area contributed by atoms with Crippen molar-refractivity contribution in [3.05, 3.63) is 45.1 Å². The van der Waals surface area contributed by atoms with Gasteiger partial charge in [-0.15, -0.1) is 0 Å². The molecule has 0 aliphatic heterocycles. The van der Waals surface area contributed by atoms with Crippen molar-refractivity contribution in [2.75, 3.05) is 12.4 Å². The molecule has 2 aromatic rings. The molecule has 1 N–H and O–H groups in total. The summed E-state index contributed by atoms with van der Waals surface area (Å²) in [4.78, 5) is 18.3. The van der Waals surface area contributed by atoms with Crippen molar-refractivity contribution in [2.24, 2.45) is 0 Å². The van der Waals surface area contributed by atoms with Crippen LogP contribution < -0.4 is 10.1 Å². The van der Waals surface area contributed by atoms with Crippen LogP contribution in [0.3, 0.4) is 0 Å². The van der Waals surface area contributed by atoms with Gasteiger partial charge >= 0.3 is 0 Å². The Balaban J connectivity index is 2.32. The summed E-state index contributed by atoms with van der Waals surface area (Å²) < 4.78 is 5.57. The zero-order valence-electron chi connectivity index (χ0n) is 10.8. The van der Waals surface area contributed by atoms with E-state index in [0.717, 1.165) is 5.56 Å². The molecule has 0 amide bonds. The minimum absolute atomic E-state index is 0.0994. The number of halogens is 1.